The third-order valence-corrected chi connectivity index (χ3v) is 7.95. The molecule has 41 heavy (non-hydrogen) atoms. The van der Waals surface area contributed by atoms with Gasteiger partial charge in [-0.2, -0.15) is 0 Å². The van der Waals surface area contributed by atoms with E-state index in [1.165, 1.54) is 0 Å². The zero-order valence-electron chi connectivity index (χ0n) is 23.0. The summed E-state index contributed by atoms with van der Waals surface area (Å²) in [4.78, 5) is 26.6. The van der Waals surface area contributed by atoms with Gasteiger partial charge >= 0.3 is 6.09 Å². The summed E-state index contributed by atoms with van der Waals surface area (Å²) in [5.74, 6) is -0.857. The van der Waals surface area contributed by atoms with E-state index in [1.54, 1.807) is 0 Å². The molecular weight excluding hydrogens is 520 g/mol. The number of rotatable bonds is 11. The van der Waals surface area contributed by atoms with Gasteiger partial charge in [0.2, 0.25) is 5.91 Å². The Kier molecular flexibility index (Phi) is 9.67. The van der Waals surface area contributed by atoms with Crippen molar-refractivity contribution in [3.8, 4) is 0 Å². The summed E-state index contributed by atoms with van der Waals surface area (Å²) >= 11 is 0. The number of aliphatic hydroxyl groups excluding tert-OH is 2. The monoisotopic (exact) mass is 558 g/mol. The molecule has 3 aromatic carbocycles. The van der Waals surface area contributed by atoms with E-state index in [0.717, 1.165) is 22.3 Å². The molecule has 1 heterocycles. The maximum atomic E-state index is 13.8. The number of fused-ring (bicyclic) bond motifs is 1. The minimum Gasteiger partial charge on any atom is -0.444 e. The Labute approximate surface area is 240 Å². The van der Waals surface area contributed by atoms with Crippen LogP contribution in [0.1, 0.15) is 41.1 Å². The van der Waals surface area contributed by atoms with Crippen LogP contribution in [0.25, 0.3) is 0 Å². The standard InChI is InChI=1S/C33H38N2O6/c36-29(28(18-23-11-5-2-6-12-23)34-33(39)41-26-15-16-40-21-26)20-25(17-22-9-3-1-4-10-22)32(38)35-31-27-14-8-7-13-24(27)19-30(31)37/h1-14,25-26,28-31,36-37H,15-21H2,(H,34,39)(H,35,38)/t25-,26?,28-,29-,30+,31-/m0/s1. The van der Waals surface area contributed by atoms with E-state index in [9.17, 15) is 19.8 Å². The summed E-state index contributed by atoms with van der Waals surface area (Å²) < 4.78 is 10.8. The normalized spacial score (nSPS) is 21.9. The quantitative estimate of drug-likeness (QED) is 0.286. The van der Waals surface area contributed by atoms with Gasteiger partial charge in [0, 0.05) is 18.8 Å². The summed E-state index contributed by atoms with van der Waals surface area (Å²) in [6.45, 7) is 0.902. The van der Waals surface area contributed by atoms with Crippen LogP contribution >= 0.6 is 0 Å². The summed E-state index contributed by atoms with van der Waals surface area (Å²) in [5, 5.41) is 28.2. The Morgan fingerprint density at radius 1 is 0.927 bits per heavy atom. The minimum atomic E-state index is -1.04. The second kappa shape index (κ2) is 13.8. The van der Waals surface area contributed by atoms with E-state index in [4.69, 9.17) is 9.47 Å². The Morgan fingerprint density at radius 2 is 1.59 bits per heavy atom. The Hall–Kier alpha value is -3.72. The van der Waals surface area contributed by atoms with Crippen molar-refractivity contribution in [2.75, 3.05) is 13.2 Å². The highest BCUT2D eigenvalue weighted by atomic mass is 16.6. The van der Waals surface area contributed by atoms with E-state index in [-0.39, 0.29) is 18.4 Å². The molecule has 0 aromatic heterocycles. The zero-order valence-corrected chi connectivity index (χ0v) is 23.0. The van der Waals surface area contributed by atoms with Crippen molar-refractivity contribution in [1.82, 2.24) is 10.6 Å². The molecule has 1 unspecified atom stereocenters. The lowest BCUT2D eigenvalue weighted by Gasteiger charge is -2.29. The predicted molar refractivity (Wildman–Crippen MR) is 154 cm³/mol. The Morgan fingerprint density at radius 3 is 2.27 bits per heavy atom. The number of alkyl carbamates (subject to hydrolysis) is 1. The minimum absolute atomic E-state index is 0.107. The van der Waals surface area contributed by atoms with E-state index >= 15 is 0 Å². The lowest BCUT2D eigenvalue weighted by Crippen LogP contribution is -2.48. The highest BCUT2D eigenvalue weighted by Crippen LogP contribution is 2.32. The SMILES string of the molecule is O=C(N[C@@H](Cc1ccccc1)[C@@H](O)C[C@H](Cc1ccccc1)C(=O)N[C@H]1c2ccccc2C[C@H]1O)OC1CCOC1. The molecule has 0 spiro atoms. The fourth-order valence-electron chi connectivity index (χ4n) is 5.75. The molecule has 8 nitrogen and oxygen atoms in total. The van der Waals surface area contributed by atoms with Crippen molar-refractivity contribution in [3.63, 3.8) is 0 Å². The number of carbonyl (C=O) groups is 2. The highest BCUT2D eigenvalue weighted by Gasteiger charge is 2.35. The van der Waals surface area contributed by atoms with Crippen LogP contribution in [0.5, 0.6) is 0 Å². The molecule has 0 saturated carbocycles. The first kappa shape index (κ1) is 28.8. The number of aliphatic hydroxyl groups is 2. The van der Waals surface area contributed by atoms with E-state index < -0.39 is 36.3 Å². The van der Waals surface area contributed by atoms with Crippen molar-refractivity contribution in [2.24, 2.45) is 5.92 Å². The van der Waals surface area contributed by atoms with Crippen molar-refractivity contribution in [1.29, 1.82) is 0 Å². The van der Waals surface area contributed by atoms with Gasteiger partial charge in [0.05, 0.1) is 37.5 Å². The van der Waals surface area contributed by atoms with Crippen LogP contribution in [0.3, 0.4) is 0 Å². The van der Waals surface area contributed by atoms with E-state index in [2.05, 4.69) is 10.6 Å². The van der Waals surface area contributed by atoms with E-state index in [0.29, 0.717) is 38.9 Å². The number of hydrogen-bond donors (Lipinski definition) is 4. The second-order valence-corrected chi connectivity index (χ2v) is 11.0. The number of ether oxygens (including phenoxy) is 2. The van der Waals surface area contributed by atoms with Crippen LogP contribution in [-0.2, 0) is 33.5 Å². The fraction of sp³-hybridized carbons (Fsp3) is 0.394. The molecule has 0 radical (unpaired) electrons. The third-order valence-electron chi connectivity index (χ3n) is 7.95. The number of carbonyl (C=O) groups excluding carboxylic acids is 2. The van der Waals surface area contributed by atoms with Gasteiger partial charge in [0.15, 0.2) is 0 Å². The van der Waals surface area contributed by atoms with Crippen molar-refractivity contribution >= 4 is 12.0 Å². The van der Waals surface area contributed by atoms with Crippen molar-refractivity contribution < 1.29 is 29.3 Å². The molecular formula is C33H38N2O6. The zero-order chi connectivity index (χ0) is 28.6. The van der Waals surface area contributed by atoms with E-state index in [1.807, 2.05) is 84.9 Å². The first-order chi connectivity index (χ1) is 20.0. The molecule has 1 aliphatic heterocycles. The summed E-state index contributed by atoms with van der Waals surface area (Å²) in [6.07, 6.45) is -0.711. The molecule has 1 aliphatic carbocycles. The predicted octanol–water partition coefficient (Wildman–Crippen LogP) is 3.50. The smallest absolute Gasteiger partial charge is 0.407 e. The molecule has 8 heteroatoms. The lowest BCUT2D eigenvalue weighted by molar-refractivity contribution is -0.127. The van der Waals surface area contributed by atoms with Gasteiger partial charge in [0.1, 0.15) is 6.10 Å². The van der Waals surface area contributed by atoms with Gasteiger partial charge in [-0.05, 0) is 41.5 Å². The molecule has 3 aromatic rings. The largest absolute Gasteiger partial charge is 0.444 e. The van der Waals surface area contributed by atoms with Gasteiger partial charge in [-0.3, -0.25) is 4.79 Å². The average Bonchev–Trinajstić information content (AvgIpc) is 3.60. The van der Waals surface area contributed by atoms with Crippen LogP contribution in [0.15, 0.2) is 84.9 Å². The Bertz CT molecular complexity index is 1280. The summed E-state index contributed by atoms with van der Waals surface area (Å²) in [7, 11) is 0. The maximum Gasteiger partial charge on any atom is 0.407 e. The molecule has 1 saturated heterocycles. The second-order valence-electron chi connectivity index (χ2n) is 11.0. The fourth-order valence-corrected chi connectivity index (χ4v) is 5.75. The first-order valence-electron chi connectivity index (χ1n) is 14.3. The van der Waals surface area contributed by atoms with Crippen molar-refractivity contribution in [2.45, 2.75) is 62.5 Å². The van der Waals surface area contributed by atoms with Gasteiger partial charge in [0.25, 0.3) is 0 Å². The third kappa shape index (κ3) is 7.73. The molecule has 0 bridgehead atoms. The highest BCUT2D eigenvalue weighted by molar-refractivity contribution is 5.80. The molecule has 1 fully saturated rings. The number of hydrogen-bond acceptors (Lipinski definition) is 6. The molecule has 216 valence electrons. The first-order valence-corrected chi connectivity index (χ1v) is 14.3. The molecule has 4 N–H and O–H groups in total. The van der Waals surface area contributed by atoms with Gasteiger partial charge < -0.3 is 30.3 Å². The lowest BCUT2D eigenvalue weighted by atomic mass is 9.88. The molecule has 5 rings (SSSR count). The number of benzene rings is 3. The number of nitrogens with one attached hydrogen (secondary N) is 2. The van der Waals surface area contributed by atoms with Gasteiger partial charge in [-0.1, -0.05) is 84.9 Å². The maximum absolute atomic E-state index is 13.8. The molecule has 6 atom stereocenters. The van der Waals surface area contributed by atoms with Crippen LogP contribution < -0.4 is 10.6 Å². The average molecular weight is 559 g/mol. The van der Waals surface area contributed by atoms with Crippen molar-refractivity contribution in [3.05, 3.63) is 107 Å². The Balaban J connectivity index is 1.33. The van der Waals surface area contributed by atoms with Crippen LogP contribution in [0.4, 0.5) is 4.79 Å². The number of amides is 2. The molecule has 2 amide bonds. The van der Waals surface area contributed by atoms with Crippen LogP contribution in [0.2, 0.25) is 0 Å². The van der Waals surface area contributed by atoms with Gasteiger partial charge in [-0.15, -0.1) is 0 Å². The van der Waals surface area contributed by atoms with Crippen LogP contribution in [-0.4, -0.2) is 59.8 Å². The summed E-state index contributed by atoms with van der Waals surface area (Å²) in [5.41, 5.74) is 3.83. The van der Waals surface area contributed by atoms with Crippen LogP contribution in [0, 0.1) is 5.92 Å². The summed E-state index contributed by atoms with van der Waals surface area (Å²) in [6, 6.07) is 25.8. The van der Waals surface area contributed by atoms with Gasteiger partial charge in [-0.25, -0.2) is 4.79 Å². The molecule has 2 aliphatic rings. The topological polar surface area (TPSA) is 117 Å².